The molecule has 0 aliphatic carbocycles. The SMILES string of the molecule is c1ccc(N(c2ccccc2)c2cc3c4c(c2)c2cc5c(cc2n4Cc2ccccc2-3)c2cc(N(c3ccccc3)c3ccccc3)cc3c2n5Cc2ccccc2-3)cc1. The smallest absolute Gasteiger partial charge is 0.0575 e. The first-order valence-corrected chi connectivity index (χ1v) is 20.8. The van der Waals surface area contributed by atoms with Gasteiger partial charge in [-0.1, -0.05) is 121 Å². The fraction of sp³-hybridized carbons (Fsp3) is 0.0357. The van der Waals surface area contributed by atoms with Crippen molar-refractivity contribution >= 4 is 77.7 Å². The molecule has 9 aromatic carbocycles. The van der Waals surface area contributed by atoms with E-state index < -0.39 is 0 Å². The van der Waals surface area contributed by atoms with E-state index in [9.17, 15) is 0 Å². The average molecular weight is 767 g/mol. The van der Waals surface area contributed by atoms with Gasteiger partial charge in [0.2, 0.25) is 0 Å². The van der Waals surface area contributed by atoms with Gasteiger partial charge in [-0.15, -0.1) is 0 Å². The Kier molecular flexibility index (Phi) is 7.10. The second-order valence-electron chi connectivity index (χ2n) is 16.2. The number of benzene rings is 9. The lowest BCUT2D eigenvalue weighted by molar-refractivity contribution is 0.857. The van der Waals surface area contributed by atoms with Crippen LogP contribution in [0.5, 0.6) is 0 Å². The summed E-state index contributed by atoms with van der Waals surface area (Å²) in [5, 5.41) is 5.12. The van der Waals surface area contributed by atoms with Gasteiger partial charge in [0.1, 0.15) is 0 Å². The van der Waals surface area contributed by atoms with Crippen molar-refractivity contribution in [1.82, 2.24) is 9.13 Å². The molecule has 0 saturated carbocycles. The highest BCUT2D eigenvalue weighted by molar-refractivity contribution is 6.23. The molecule has 2 aliphatic rings. The van der Waals surface area contributed by atoms with Crippen LogP contribution < -0.4 is 9.80 Å². The maximum Gasteiger partial charge on any atom is 0.0575 e. The van der Waals surface area contributed by atoms with Gasteiger partial charge in [0.25, 0.3) is 0 Å². The van der Waals surface area contributed by atoms with Crippen LogP contribution in [0.15, 0.2) is 206 Å². The van der Waals surface area contributed by atoms with Crippen LogP contribution in [-0.2, 0) is 13.1 Å². The second kappa shape index (κ2) is 12.8. The third-order valence-corrected chi connectivity index (χ3v) is 12.9. The summed E-state index contributed by atoms with van der Waals surface area (Å²) in [4.78, 5) is 4.81. The molecule has 282 valence electrons. The molecule has 0 N–H and O–H groups in total. The Morgan fingerprint density at radius 3 is 0.983 bits per heavy atom. The van der Waals surface area contributed by atoms with Crippen LogP contribution in [0.1, 0.15) is 11.1 Å². The Bertz CT molecular complexity index is 3160. The number of nitrogens with zero attached hydrogens (tertiary/aromatic N) is 4. The molecule has 0 unspecified atom stereocenters. The molecule has 4 heteroatoms. The molecular formula is C56H38N4. The minimum Gasteiger partial charge on any atom is -0.335 e. The van der Waals surface area contributed by atoms with E-state index in [1.165, 1.54) is 77.0 Å². The molecule has 4 nitrogen and oxygen atoms in total. The van der Waals surface area contributed by atoms with Crippen LogP contribution in [0.3, 0.4) is 0 Å². The summed E-state index contributed by atoms with van der Waals surface area (Å²) in [6.45, 7) is 1.65. The first-order chi connectivity index (χ1) is 29.8. The molecule has 4 heterocycles. The number of hydrogen-bond donors (Lipinski definition) is 0. The topological polar surface area (TPSA) is 16.3 Å². The van der Waals surface area contributed by atoms with E-state index in [4.69, 9.17) is 0 Å². The van der Waals surface area contributed by atoms with E-state index in [0.717, 1.165) is 47.2 Å². The summed E-state index contributed by atoms with van der Waals surface area (Å²) >= 11 is 0. The third-order valence-electron chi connectivity index (χ3n) is 12.9. The summed E-state index contributed by atoms with van der Waals surface area (Å²) in [6, 6.07) is 75.8. The fourth-order valence-electron chi connectivity index (χ4n) is 10.3. The molecule has 0 saturated heterocycles. The maximum absolute atomic E-state index is 2.59. The Hall–Kier alpha value is -7.82. The first kappa shape index (κ1) is 33.2. The molecule has 2 aliphatic heterocycles. The van der Waals surface area contributed by atoms with Crippen LogP contribution in [0, 0.1) is 0 Å². The van der Waals surface area contributed by atoms with Crippen LogP contribution in [-0.4, -0.2) is 9.13 Å². The Morgan fingerprint density at radius 2 is 0.617 bits per heavy atom. The number of fused-ring (bicyclic) bond motifs is 10. The highest BCUT2D eigenvalue weighted by atomic mass is 15.1. The van der Waals surface area contributed by atoms with Crippen molar-refractivity contribution in [2.45, 2.75) is 13.1 Å². The van der Waals surface area contributed by atoms with Crippen LogP contribution >= 0.6 is 0 Å². The van der Waals surface area contributed by atoms with E-state index in [1.807, 2.05) is 0 Å². The summed E-state index contributed by atoms with van der Waals surface area (Å²) in [5.41, 5.74) is 19.8. The zero-order valence-electron chi connectivity index (χ0n) is 32.8. The number of anilines is 6. The predicted molar refractivity (Wildman–Crippen MR) is 251 cm³/mol. The molecule has 2 aromatic heterocycles. The van der Waals surface area contributed by atoms with E-state index in [1.54, 1.807) is 0 Å². The van der Waals surface area contributed by atoms with E-state index in [0.29, 0.717) is 0 Å². The summed E-state index contributed by atoms with van der Waals surface area (Å²) in [7, 11) is 0. The highest BCUT2D eigenvalue weighted by Crippen LogP contribution is 2.50. The predicted octanol–water partition coefficient (Wildman–Crippen LogP) is 14.9. The van der Waals surface area contributed by atoms with E-state index in [-0.39, 0.29) is 0 Å². The molecule has 0 bridgehead atoms. The molecule has 0 amide bonds. The van der Waals surface area contributed by atoms with Crippen LogP contribution in [0.25, 0.3) is 65.9 Å². The molecule has 0 fully saturated rings. The van der Waals surface area contributed by atoms with Gasteiger partial charge < -0.3 is 18.9 Å². The summed E-state index contributed by atoms with van der Waals surface area (Å²) in [6.07, 6.45) is 0. The van der Waals surface area contributed by atoms with E-state index >= 15 is 0 Å². The molecule has 13 rings (SSSR count). The largest absolute Gasteiger partial charge is 0.335 e. The lowest BCUT2D eigenvalue weighted by Gasteiger charge is -2.28. The third kappa shape index (κ3) is 4.85. The van der Waals surface area contributed by atoms with Gasteiger partial charge in [0.15, 0.2) is 0 Å². The Morgan fingerprint density at radius 1 is 0.283 bits per heavy atom. The summed E-state index contributed by atoms with van der Waals surface area (Å²) in [5.74, 6) is 0. The quantitative estimate of drug-likeness (QED) is 0.168. The summed E-state index contributed by atoms with van der Waals surface area (Å²) < 4.78 is 5.17. The van der Waals surface area contributed by atoms with Crippen molar-refractivity contribution in [2.75, 3.05) is 9.80 Å². The Balaban J connectivity index is 1.13. The van der Waals surface area contributed by atoms with Crippen molar-refractivity contribution in [2.24, 2.45) is 0 Å². The first-order valence-electron chi connectivity index (χ1n) is 20.8. The molecule has 0 atom stereocenters. The molecule has 0 radical (unpaired) electrons. The second-order valence-corrected chi connectivity index (χ2v) is 16.2. The fourth-order valence-corrected chi connectivity index (χ4v) is 10.3. The number of aromatic nitrogens is 2. The lowest BCUT2D eigenvalue weighted by Crippen LogP contribution is -2.11. The zero-order chi connectivity index (χ0) is 39.3. The lowest BCUT2D eigenvalue weighted by atomic mass is 9.94. The van der Waals surface area contributed by atoms with E-state index in [2.05, 4.69) is 225 Å². The van der Waals surface area contributed by atoms with Crippen molar-refractivity contribution < 1.29 is 0 Å². The van der Waals surface area contributed by atoms with Crippen molar-refractivity contribution in [3.63, 3.8) is 0 Å². The van der Waals surface area contributed by atoms with Crippen molar-refractivity contribution in [3.05, 3.63) is 217 Å². The average Bonchev–Trinajstić information content (AvgIpc) is 3.79. The van der Waals surface area contributed by atoms with Gasteiger partial charge >= 0.3 is 0 Å². The van der Waals surface area contributed by atoms with Gasteiger partial charge in [0, 0.05) is 79.9 Å². The van der Waals surface area contributed by atoms with Gasteiger partial charge in [-0.05, 0) is 107 Å². The normalized spacial score (nSPS) is 12.5. The number of hydrogen-bond acceptors (Lipinski definition) is 2. The molecule has 60 heavy (non-hydrogen) atoms. The van der Waals surface area contributed by atoms with Crippen molar-refractivity contribution in [3.8, 4) is 22.3 Å². The minimum absolute atomic E-state index is 0.825. The highest BCUT2D eigenvalue weighted by Gasteiger charge is 2.29. The standard InChI is InChI=1S/C56H38N4/c1-5-19-39(20-6-1)59(40-21-7-2-8-22-40)43-29-49-45-27-15-13-17-37(45)35-57-53-34-48-52-32-44(60(41-23-9-3-10-24-41)42-25-11-4-12-26-42)30-50-46-28-16-14-18-38(46)36-58(56(50)52)54(48)33-47(53)51(31-43)55(49)57/h1-34H,35-36H2. The monoisotopic (exact) mass is 766 g/mol. The minimum atomic E-state index is 0.825. The van der Waals surface area contributed by atoms with Gasteiger partial charge in [-0.3, -0.25) is 0 Å². The van der Waals surface area contributed by atoms with Gasteiger partial charge in [-0.25, -0.2) is 0 Å². The van der Waals surface area contributed by atoms with Crippen LogP contribution in [0.2, 0.25) is 0 Å². The van der Waals surface area contributed by atoms with Gasteiger partial charge in [0.05, 0.1) is 22.1 Å². The molecule has 11 aromatic rings. The number of rotatable bonds is 6. The van der Waals surface area contributed by atoms with Crippen LogP contribution in [0.4, 0.5) is 34.1 Å². The van der Waals surface area contributed by atoms with Crippen molar-refractivity contribution in [1.29, 1.82) is 0 Å². The number of para-hydroxylation sites is 4. The maximum atomic E-state index is 2.59. The molecule has 0 spiro atoms. The Labute approximate surface area is 348 Å². The van der Waals surface area contributed by atoms with Gasteiger partial charge in [-0.2, -0.15) is 0 Å². The zero-order valence-corrected chi connectivity index (χ0v) is 32.8. The molecular weight excluding hydrogens is 729 g/mol.